The van der Waals surface area contributed by atoms with Crippen molar-refractivity contribution in [3.05, 3.63) is 35.2 Å². The van der Waals surface area contributed by atoms with Crippen LogP contribution in [-0.2, 0) is 17.1 Å². The largest absolute Gasteiger partial charge is 0.398 e. The van der Waals surface area contributed by atoms with E-state index >= 15 is 0 Å². The summed E-state index contributed by atoms with van der Waals surface area (Å²) in [4.78, 5) is 0.193. The van der Waals surface area contributed by atoms with Gasteiger partial charge in [0.15, 0.2) is 0 Å². The average molecular weight is 294 g/mol. The molecule has 0 saturated heterocycles. The first-order chi connectivity index (χ1) is 9.20. The minimum atomic E-state index is -3.68. The van der Waals surface area contributed by atoms with E-state index in [1.54, 1.807) is 43.9 Å². The van der Waals surface area contributed by atoms with Gasteiger partial charge in [-0.3, -0.25) is 9.40 Å². The highest BCUT2D eigenvalue weighted by molar-refractivity contribution is 7.92. The maximum Gasteiger partial charge on any atom is 0.262 e. The summed E-state index contributed by atoms with van der Waals surface area (Å²) in [6, 6.07) is 3.36. The average Bonchev–Trinajstić information content (AvgIpc) is 2.61. The summed E-state index contributed by atoms with van der Waals surface area (Å²) >= 11 is 0. The standard InChI is InChI=1S/C13H18N4O2S/c1-8-5-11(14)9(2)13(6-8)20(18,19)16-12-7-17(4)15-10(12)3/h5-7,16H,14H2,1-4H3. The number of anilines is 2. The Hall–Kier alpha value is -2.02. The number of nitrogens with one attached hydrogen (secondary N) is 1. The topological polar surface area (TPSA) is 90.0 Å². The number of aryl methyl sites for hydroxylation is 3. The van der Waals surface area contributed by atoms with Crippen molar-refractivity contribution < 1.29 is 8.42 Å². The molecule has 0 unspecified atom stereocenters. The Morgan fingerprint density at radius 3 is 2.45 bits per heavy atom. The normalized spacial score (nSPS) is 11.6. The SMILES string of the molecule is Cc1cc(N)c(C)c(S(=O)(=O)Nc2cn(C)nc2C)c1. The van der Waals surface area contributed by atoms with E-state index in [1.165, 1.54) is 0 Å². The van der Waals surface area contributed by atoms with E-state index in [4.69, 9.17) is 5.73 Å². The van der Waals surface area contributed by atoms with Crippen LogP contribution in [0.15, 0.2) is 23.2 Å². The van der Waals surface area contributed by atoms with Crippen LogP contribution in [0.1, 0.15) is 16.8 Å². The number of sulfonamides is 1. The molecule has 0 radical (unpaired) electrons. The van der Waals surface area contributed by atoms with Gasteiger partial charge < -0.3 is 5.73 Å². The second-order valence-corrected chi connectivity index (χ2v) is 6.54. The van der Waals surface area contributed by atoms with Crippen LogP contribution in [0.4, 0.5) is 11.4 Å². The van der Waals surface area contributed by atoms with E-state index < -0.39 is 10.0 Å². The zero-order valence-corrected chi connectivity index (χ0v) is 12.7. The Labute approximate surface area is 118 Å². The molecule has 0 aliphatic rings. The summed E-state index contributed by atoms with van der Waals surface area (Å²) in [5.74, 6) is 0. The third kappa shape index (κ3) is 2.62. The van der Waals surface area contributed by atoms with Gasteiger partial charge in [-0.15, -0.1) is 0 Å². The molecule has 0 amide bonds. The third-order valence-electron chi connectivity index (χ3n) is 3.09. The van der Waals surface area contributed by atoms with E-state index in [9.17, 15) is 8.42 Å². The van der Waals surface area contributed by atoms with Crippen molar-refractivity contribution in [3.8, 4) is 0 Å². The van der Waals surface area contributed by atoms with E-state index in [1.807, 2.05) is 6.92 Å². The number of nitrogen functional groups attached to an aromatic ring is 1. The van der Waals surface area contributed by atoms with Gasteiger partial charge in [0.1, 0.15) is 0 Å². The first-order valence-corrected chi connectivity index (χ1v) is 7.59. The number of aromatic nitrogens is 2. The third-order valence-corrected chi connectivity index (χ3v) is 4.58. The zero-order chi connectivity index (χ0) is 15.1. The molecule has 0 fully saturated rings. The Balaban J connectivity index is 2.49. The van der Waals surface area contributed by atoms with Crippen LogP contribution >= 0.6 is 0 Å². The zero-order valence-electron chi connectivity index (χ0n) is 11.9. The van der Waals surface area contributed by atoms with Gasteiger partial charge in [-0.25, -0.2) is 8.42 Å². The Bertz CT molecular complexity index is 763. The fourth-order valence-electron chi connectivity index (χ4n) is 2.03. The van der Waals surface area contributed by atoms with Crippen molar-refractivity contribution in [1.29, 1.82) is 0 Å². The van der Waals surface area contributed by atoms with Crippen LogP contribution in [0, 0.1) is 20.8 Å². The maximum absolute atomic E-state index is 12.5. The second-order valence-electron chi connectivity index (χ2n) is 4.88. The van der Waals surface area contributed by atoms with Gasteiger partial charge in [-0.05, 0) is 44.0 Å². The second kappa shape index (κ2) is 4.82. The molecular weight excluding hydrogens is 276 g/mol. The summed E-state index contributed by atoms with van der Waals surface area (Å²) in [7, 11) is -1.94. The summed E-state index contributed by atoms with van der Waals surface area (Å²) < 4.78 is 29.1. The number of nitrogens with zero attached hydrogens (tertiary/aromatic N) is 2. The van der Waals surface area contributed by atoms with Crippen molar-refractivity contribution in [2.75, 3.05) is 10.5 Å². The van der Waals surface area contributed by atoms with Gasteiger partial charge in [-0.1, -0.05) is 0 Å². The van der Waals surface area contributed by atoms with E-state index in [-0.39, 0.29) is 4.90 Å². The molecule has 0 aliphatic carbocycles. The van der Waals surface area contributed by atoms with E-state index in [0.29, 0.717) is 22.6 Å². The highest BCUT2D eigenvalue weighted by Crippen LogP contribution is 2.25. The fourth-order valence-corrected chi connectivity index (χ4v) is 3.49. The molecule has 6 nitrogen and oxygen atoms in total. The smallest absolute Gasteiger partial charge is 0.262 e. The first kappa shape index (κ1) is 14.4. The summed E-state index contributed by atoms with van der Waals surface area (Å²) in [5.41, 5.74) is 8.74. The Morgan fingerprint density at radius 2 is 1.90 bits per heavy atom. The van der Waals surface area contributed by atoms with E-state index in [2.05, 4.69) is 9.82 Å². The van der Waals surface area contributed by atoms with Crippen LogP contribution < -0.4 is 10.5 Å². The molecule has 20 heavy (non-hydrogen) atoms. The lowest BCUT2D eigenvalue weighted by Crippen LogP contribution is -2.15. The molecule has 0 atom stereocenters. The monoisotopic (exact) mass is 294 g/mol. The van der Waals surface area contributed by atoms with Crippen molar-refractivity contribution in [2.45, 2.75) is 25.7 Å². The predicted octanol–water partition coefficient (Wildman–Crippen LogP) is 1.73. The fraction of sp³-hybridized carbons (Fsp3) is 0.308. The first-order valence-electron chi connectivity index (χ1n) is 6.10. The molecular formula is C13H18N4O2S. The Kier molecular flexibility index (Phi) is 3.47. The molecule has 3 N–H and O–H groups in total. The van der Waals surface area contributed by atoms with Crippen molar-refractivity contribution >= 4 is 21.4 Å². The lowest BCUT2D eigenvalue weighted by molar-refractivity contribution is 0.600. The summed E-state index contributed by atoms with van der Waals surface area (Å²) in [6.45, 7) is 5.25. The molecule has 0 saturated carbocycles. The number of rotatable bonds is 3. The van der Waals surface area contributed by atoms with Gasteiger partial charge in [0.05, 0.1) is 16.3 Å². The maximum atomic E-state index is 12.5. The lowest BCUT2D eigenvalue weighted by Gasteiger charge is -2.12. The number of benzene rings is 1. The molecule has 1 aromatic carbocycles. The van der Waals surface area contributed by atoms with Crippen LogP contribution in [-0.4, -0.2) is 18.2 Å². The van der Waals surface area contributed by atoms with Crippen molar-refractivity contribution in [2.24, 2.45) is 7.05 Å². The predicted molar refractivity (Wildman–Crippen MR) is 79.1 cm³/mol. The molecule has 0 spiro atoms. The Morgan fingerprint density at radius 1 is 1.25 bits per heavy atom. The molecule has 0 aliphatic heterocycles. The molecule has 2 aromatic rings. The minimum Gasteiger partial charge on any atom is -0.398 e. The summed E-state index contributed by atoms with van der Waals surface area (Å²) in [6.07, 6.45) is 1.63. The van der Waals surface area contributed by atoms with Gasteiger partial charge in [0.2, 0.25) is 0 Å². The molecule has 0 bridgehead atoms. The lowest BCUT2D eigenvalue weighted by atomic mass is 10.1. The minimum absolute atomic E-state index is 0.193. The van der Waals surface area contributed by atoms with Crippen LogP contribution in [0.2, 0.25) is 0 Å². The highest BCUT2D eigenvalue weighted by atomic mass is 32.2. The molecule has 7 heteroatoms. The van der Waals surface area contributed by atoms with Crippen molar-refractivity contribution in [3.63, 3.8) is 0 Å². The molecule has 1 heterocycles. The van der Waals surface area contributed by atoms with Crippen LogP contribution in [0.5, 0.6) is 0 Å². The quantitative estimate of drug-likeness (QED) is 0.844. The van der Waals surface area contributed by atoms with Gasteiger partial charge in [0.25, 0.3) is 10.0 Å². The molecule has 108 valence electrons. The van der Waals surface area contributed by atoms with E-state index in [0.717, 1.165) is 5.56 Å². The van der Waals surface area contributed by atoms with Crippen LogP contribution in [0.3, 0.4) is 0 Å². The number of hydrogen-bond donors (Lipinski definition) is 2. The summed E-state index contributed by atoms with van der Waals surface area (Å²) in [5, 5.41) is 4.11. The van der Waals surface area contributed by atoms with Gasteiger partial charge in [0, 0.05) is 18.9 Å². The van der Waals surface area contributed by atoms with Crippen molar-refractivity contribution in [1.82, 2.24) is 9.78 Å². The molecule has 2 rings (SSSR count). The number of nitrogens with two attached hydrogens (primary N) is 1. The highest BCUT2D eigenvalue weighted by Gasteiger charge is 2.20. The molecule has 1 aromatic heterocycles. The van der Waals surface area contributed by atoms with Gasteiger partial charge in [-0.2, -0.15) is 5.10 Å². The number of hydrogen-bond acceptors (Lipinski definition) is 4. The van der Waals surface area contributed by atoms with Crippen LogP contribution in [0.25, 0.3) is 0 Å². The van der Waals surface area contributed by atoms with Gasteiger partial charge >= 0.3 is 0 Å².